The lowest BCUT2D eigenvalue weighted by Gasteiger charge is -2.12. The Kier molecular flexibility index (Phi) is 3.19. The summed E-state index contributed by atoms with van der Waals surface area (Å²) in [6, 6.07) is 7.50. The second-order valence-electron chi connectivity index (χ2n) is 3.80. The summed E-state index contributed by atoms with van der Waals surface area (Å²) in [6.45, 7) is 0.636. The Morgan fingerprint density at radius 2 is 2.18 bits per heavy atom. The molecule has 6 heteroatoms. The van der Waals surface area contributed by atoms with Gasteiger partial charge in [0.2, 0.25) is 0 Å². The number of methoxy groups -OCH3 is 1. The summed E-state index contributed by atoms with van der Waals surface area (Å²) in [7, 11) is -2.01. The lowest BCUT2D eigenvalue weighted by molar-refractivity contribution is 0.414. The van der Waals surface area contributed by atoms with Crippen LogP contribution in [-0.4, -0.2) is 32.9 Å². The van der Waals surface area contributed by atoms with Gasteiger partial charge in [0, 0.05) is 13.1 Å². The summed E-state index contributed by atoms with van der Waals surface area (Å²) >= 11 is 0. The van der Waals surface area contributed by atoms with Gasteiger partial charge in [-0.3, -0.25) is 0 Å². The van der Waals surface area contributed by atoms with Crippen LogP contribution in [0, 0.1) is 0 Å². The van der Waals surface area contributed by atoms with E-state index >= 15 is 0 Å². The fourth-order valence-electron chi connectivity index (χ4n) is 1.76. The lowest BCUT2D eigenvalue weighted by Crippen LogP contribution is -2.34. The third-order valence-electron chi connectivity index (χ3n) is 2.69. The maximum Gasteiger partial charge on any atom is 0.277 e. The standard InChI is InChI=1S/C11H14N2O3S/c1-16-11-4-2-3-9(7-11)10-5-6-13(8-10)17(12,14)15/h2-5,7H,6,8H2,1H3,(H2,12,14,15). The number of hydrogen-bond donors (Lipinski definition) is 1. The van der Waals surface area contributed by atoms with E-state index < -0.39 is 10.2 Å². The first-order chi connectivity index (χ1) is 8.00. The Morgan fingerprint density at radius 1 is 1.41 bits per heavy atom. The minimum absolute atomic E-state index is 0.312. The number of rotatable bonds is 3. The maximum absolute atomic E-state index is 11.2. The first-order valence-electron chi connectivity index (χ1n) is 5.12. The second kappa shape index (κ2) is 4.48. The van der Waals surface area contributed by atoms with Crippen molar-refractivity contribution in [3.05, 3.63) is 35.9 Å². The molecule has 1 heterocycles. The van der Waals surface area contributed by atoms with Gasteiger partial charge in [0.15, 0.2) is 0 Å². The van der Waals surface area contributed by atoms with Crippen molar-refractivity contribution in [2.45, 2.75) is 0 Å². The summed E-state index contributed by atoms with van der Waals surface area (Å²) in [5, 5.41) is 5.08. The minimum Gasteiger partial charge on any atom is -0.497 e. The Bertz CT molecular complexity index is 552. The Hall–Kier alpha value is -1.37. The third kappa shape index (κ3) is 2.66. The van der Waals surface area contributed by atoms with Crippen molar-refractivity contribution in [3.8, 4) is 5.75 Å². The van der Waals surface area contributed by atoms with E-state index in [1.54, 1.807) is 7.11 Å². The van der Waals surface area contributed by atoms with Crippen LogP contribution >= 0.6 is 0 Å². The van der Waals surface area contributed by atoms with Crippen LogP contribution in [-0.2, 0) is 10.2 Å². The van der Waals surface area contributed by atoms with Crippen molar-refractivity contribution < 1.29 is 13.2 Å². The fraction of sp³-hybridized carbons (Fsp3) is 0.273. The summed E-state index contributed by atoms with van der Waals surface area (Å²) in [6.07, 6.45) is 1.86. The van der Waals surface area contributed by atoms with Crippen LogP contribution in [0.25, 0.3) is 5.57 Å². The van der Waals surface area contributed by atoms with E-state index in [0.717, 1.165) is 16.9 Å². The van der Waals surface area contributed by atoms with Gasteiger partial charge < -0.3 is 4.74 Å². The Balaban J connectivity index is 2.20. The first-order valence-corrected chi connectivity index (χ1v) is 6.62. The molecule has 0 spiro atoms. The number of ether oxygens (including phenoxy) is 1. The van der Waals surface area contributed by atoms with Gasteiger partial charge in [-0.05, 0) is 23.3 Å². The smallest absolute Gasteiger partial charge is 0.277 e. The molecule has 2 rings (SSSR count). The molecule has 5 nitrogen and oxygen atoms in total. The first kappa shape index (κ1) is 12.1. The summed E-state index contributed by atoms with van der Waals surface area (Å²) in [5.74, 6) is 0.748. The highest BCUT2D eigenvalue weighted by atomic mass is 32.2. The molecule has 0 radical (unpaired) electrons. The highest BCUT2D eigenvalue weighted by molar-refractivity contribution is 7.86. The van der Waals surface area contributed by atoms with Crippen LogP contribution in [0.3, 0.4) is 0 Å². The molecule has 0 aromatic heterocycles. The Morgan fingerprint density at radius 3 is 2.76 bits per heavy atom. The van der Waals surface area contributed by atoms with E-state index in [1.807, 2.05) is 30.3 Å². The van der Waals surface area contributed by atoms with Crippen molar-refractivity contribution in [2.75, 3.05) is 20.2 Å². The van der Waals surface area contributed by atoms with Gasteiger partial charge in [0.05, 0.1) is 7.11 Å². The highest BCUT2D eigenvalue weighted by Crippen LogP contribution is 2.24. The zero-order chi connectivity index (χ0) is 12.5. The maximum atomic E-state index is 11.2. The normalized spacial score (nSPS) is 16.9. The molecule has 1 aromatic carbocycles. The van der Waals surface area contributed by atoms with Gasteiger partial charge in [-0.2, -0.15) is 12.7 Å². The fourth-order valence-corrected chi connectivity index (χ4v) is 2.36. The third-order valence-corrected chi connectivity index (χ3v) is 3.69. The topological polar surface area (TPSA) is 72.6 Å². The molecule has 0 saturated carbocycles. The van der Waals surface area contributed by atoms with E-state index in [2.05, 4.69) is 0 Å². The van der Waals surface area contributed by atoms with Crippen molar-refractivity contribution >= 4 is 15.8 Å². The largest absolute Gasteiger partial charge is 0.497 e. The average molecular weight is 254 g/mol. The molecule has 17 heavy (non-hydrogen) atoms. The van der Waals surface area contributed by atoms with Crippen LogP contribution in [0.4, 0.5) is 0 Å². The minimum atomic E-state index is -3.61. The van der Waals surface area contributed by atoms with Gasteiger partial charge in [-0.25, -0.2) is 5.14 Å². The van der Waals surface area contributed by atoms with Gasteiger partial charge in [0.25, 0.3) is 10.2 Å². The molecule has 1 aromatic rings. The van der Waals surface area contributed by atoms with E-state index in [4.69, 9.17) is 9.88 Å². The van der Waals surface area contributed by atoms with Gasteiger partial charge in [-0.1, -0.05) is 18.2 Å². The summed E-state index contributed by atoms with van der Waals surface area (Å²) in [5.41, 5.74) is 1.90. The van der Waals surface area contributed by atoms with Gasteiger partial charge >= 0.3 is 0 Å². The van der Waals surface area contributed by atoms with Gasteiger partial charge in [0.1, 0.15) is 5.75 Å². The zero-order valence-electron chi connectivity index (χ0n) is 9.46. The predicted molar refractivity (Wildman–Crippen MR) is 65.7 cm³/mol. The van der Waals surface area contributed by atoms with Crippen molar-refractivity contribution in [1.29, 1.82) is 0 Å². The van der Waals surface area contributed by atoms with Crippen molar-refractivity contribution in [2.24, 2.45) is 5.14 Å². The molecule has 0 unspecified atom stereocenters. The van der Waals surface area contributed by atoms with Crippen LogP contribution in [0.15, 0.2) is 30.3 Å². The highest BCUT2D eigenvalue weighted by Gasteiger charge is 2.23. The quantitative estimate of drug-likeness (QED) is 0.858. The van der Waals surface area contributed by atoms with Crippen LogP contribution in [0.2, 0.25) is 0 Å². The molecular weight excluding hydrogens is 240 g/mol. The van der Waals surface area contributed by atoms with Crippen molar-refractivity contribution in [3.63, 3.8) is 0 Å². The zero-order valence-corrected chi connectivity index (χ0v) is 10.3. The molecule has 92 valence electrons. The SMILES string of the molecule is COc1cccc(C2=CCN(S(N)(=O)=O)C2)c1. The molecular formula is C11H14N2O3S. The monoisotopic (exact) mass is 254 g/mol. The number of hydrogen-bond acceptors (Lipinski definition) is 3. The van der Waals surface area contributed by atoms with Crippen LogP contribution < -0.4 is 9.88 Å². The number of nitrogens with zero attached hydrogens (tertiary/aromatic N) is 1. The predicted octanol–water partition coefficient (Wildman–Crippen LogP) is 0.598. The van der Waals surface area contributed by atoms with E-state index in [9.17, 15) is 8.42 Å². The van der Waals surface area contributed by atoms with Gasteiger partial charge in [-0.15, -0.1) is 0 Å². The lowest BCUT2D eigenvalue weighted by atomic mass is 10.1. The molecule has 2 N–H and O–H groups in total. The van der Waals surface area contributed by atoms with E-state index in [1.165, 1.54) is 4.31 Å². The molecule has 0 amide bonds. The van der Waals surface area contributed by atoms with Crippen LogP contribution in [0.1, 0.15) is 5.56 Å². The molecule has 0 bridgehead atoms. The molecule has 0 aliphatic carbocycles. The molecule has 1 aliphatic rings. The number of nitrogens with two attached hydrogens (primary N) is 1. The van der Waals surface area contributed by atoms with E-state index in [-0.39, 0.29) is 0 Å². The summed E-state index contributed by atoms with van der Waals surface area (Å²) < 4.78 is 28.7. The van der Waals surface area contributed by atoms with Crippen LogP contribution in [0.5, 0.6) is 5.75 Å². The molecule has 0 fully saturated rings. The molecule has 1 aliphatic heterocycles. The number of benzene rings is 1. The Labute approximate surface area is 101 Å². The van der Waals surface area contributed by atoms with Crippen molar-refractivity contribution in [1.82, 2.24) is 4.31 Å². The van der Waals surface area contributed by atoms with E-state index in [0.29, 0.717) is 13.1 Å². The average Bonchev–Trinajstić information content (AvgIpc) is 2.78. The molecule has 0 atom stereocenters. The molecule has 0 saturated heterocycles. The second-order valence-corrected chi connectivity index (χ2v) is 5.35. The summed E-state index contributed by atoms with van der Waals surface area (Å²) in [4.78, 5) is 0.